The first-order chi connectivity index (χ1) is 13.3. The third-order valence-electron chi connectivity index (χ3n) is 5.92. The molecule has 28 heavy (non-hydrogen) atoms. The number of rotatable bonds is 5. The van der Waals surface area contributed by atoms with Gasteiger partial charge in [0.1, 0.15) is 11.4 Å². The van der Waals surface area contributed by atoms with Crippen molar-refractivity contribution in [1.29, 1.82) is 0 Å². The van der Waals surface area contributed by atoms with Gasteiger partial charge in [-0.1, -0.05) is 13.3 Å². The third-order valence-corrected chi connectivity index (χ3v) is 5.92. The lowest BCUT2D eigenvalue weighted by Crippen LogP contribution is -2.53. The zero-order chi connectivity index (χ0) is 20.2. The SMILES string of the molecule is CCCCN1C(=O)[C@@H]2[C@H](CC(N)=O)N[C@@]3(C(=O)Nc4ccc(F)cc43)[C@@H]2C1=O. The molecule has 2 saturated heterocycles. The lowest BCUT2D eigenvalue weighted by molar-refractivity contribution is -0.142. The molecule has 1 aromatic carbocycles. The fourth-order valence-electron chi connectivity index (χ4n) is 4.76. The summed E-state index contributed by atoms with van der Waals surface area (Å²) in [6, 6.07) is 3.04. The van der Waals surface area contributed by atoms with E-state index < -0.39 is 52.9 Å². The number of hydrogen-bond acceptors (Lipinski definition) is 5. The van der Waals surface area contributed by atoms with Crippen molar-refractivity contribution in [1.82, 2.24) is 10.2 Å². The maximum atomic E-state index is 14.0. The first-order valence-electron chi connectivity index (χ1n) is 9.34. The number of imide groups is 1. The van der Waals surface area contributed by atoms with Crippen LogP contribution in [0.2, 0.25) is 0 Å². The Bertz CT molecular complexity index is 904. The fourth-order valence-corrected chi connectivity index (χ4v) is 4.76. The fraction of sp³-hybridized carbons (Fsp3) is 0.474. The van der Waals surface area contributed by atoms with Crippen molar-refractivity contribution in [2.45, 2.75) is 37.8 Å². The lowest BCUT2D eigenvalue weighted by Gasteiger charge is -2.29. The molecule has 0 aromatic heterocycles. The summed E-state index contributed by atoms with van der Waals surface area (Å²) in [6.07, 6.45) is 1.21. The van der Waals surface area contributed by atoms with Crippen molar-refractivity contribution in [2.75, 3.05) is 11.9 Å². The van der Waals surface area contributed by atoms with Crippen molar-refractivity contribution in [3.63, 3.8) is 0 Å². The zero-order valence-corrected chi connectivity index (χ0v) is 15.3. The highest BCUT2D eigenvalue weighted by molar-refractivity contribution is 6.15. The maximum absolute atomic E-state index is 14.0. The van der Waals surface area contributed by atoms with Crippen LogP contribution in [0.5, 0.6) is 0 Å². The molecule has 0 unspecified atom stereocenters. The van der Waals surface area contributed by atoms with Crippen LogP contribution in [0, 0.1) is 17.7 Å². The molecule has 0 aliphatic carbocycles. The molecule has 4 rings (SSSR count). The predicted octanol–water partition coefficient (Wildman–Crippen LogP) is 0.222. The van der Waals surface area contributed by atoms with Crippen LogP contribution in [0.1, 0.15) is 31.7 Å². The van der Waals surface area contributed by atoms with Crippen molar-refractivity contribution in [3.8, 4) is 0 Å². The van der Waals surface area contributed by atoms with Gasteiger partial charge in [-0.05, 0) is 24.6 Å². The number of likely N-dealkylation sites (tertiary alicyclic amines) is 1. The van der Waals surface area contributed by atoms with Crippen molar-refractivity contribution in [2.24, 2.45) is 17.6 Å². The Balaban J connectivity index is 1.85. The predicted molar refractivity (Wildman–Crippen MR) is 96.1 cm³/mol. The molecular formula is C19H21FN4O4. The van der Waals surface area contributed by atoms with E-state index in [0.29, 0.717) is 12.1 Å². The normalized spacial score (nSPS) is 30.7. The molecule has 4 N–H and O–H groups in total. The number of amides is 4. The highest BCUT2D eigenvalue weighted by Gasteiger charge is 2.70. The summed E-state index contributed by atoms with van der Waals surface area (Å²) in [4.78, 5) is 52.0. The van der Waals surface area contributed by atoms with Gasteiger partial charge in [0.15, 0.2) is 0 Å². The number of benzene rings is 1. The van der Waals surface area contributed by atoms with Crippen LogP contribution in [0.3, 0.4) is 0 Å². The average Bonchev–Trinajstić information content (AvgIpc) is 3.19. The number of carbonyl (C=O) groups excluding carboxylic acids is 4. The number of halogens is 1. The number of carbonyl (C=O) groups is 4. The minimum absolute atomic E-state index is 0.207. The highest BCUT2D eigenvalue weighted by atomic mass is 19.1. The van der Waals surface area contributed by atoms with Crippen molar-refractivity contribution < 1.29 is 23.6 Å². The second-order valence-electron chi connectivity index (χ2n) is 7.56. The topological polar surface area (TPSA) is 122 Å². The van der Waals surface area contributed by atoms with E-state index in [1.165, 1.54) is 23.1 Å². The summed E-state index contributed by atoms with van der Waals surface area (Å²) >= 11 is 0. The van der Waals surface area contributed by atoms with Gasteiger partial charge in [-0.25, -0.2) is 4.39 Å². The summed E-state index contributed by atoms with van der Waals surface area (Å²) in [5.74, 6) is -4.61. The number of nitrogens with two attached hydrogens (primary N) is 1. The maximum Gasteiger partial charge on any atom is 0.250 e. The number of nitrogens with one attached hydrogen (secondary N) is 2. The Labute approximate surface area is 160 Å². The van der Waals surface area contributed by atoms with Gasteiger partial charge in [0, 0.05) is 30.3 Å². The molecule has 1 aromatic rings. The molecule has 4 atom stereocenters. The van der Waals surface area contributed by atoms with Crippen LogP contribution in [-0.4, -0.2) is 41.1 Å². The van der Waals surface area contributed by atoms with E-state index in [9.17, 15) is 23.6 Å². The molecule has 3 heterocycles. The Hall–Kier alpha value is -2.81. The second kappa shape index (κ2) is 6.37. The monoisotopic (exact) mass is 388 g/mol. The number of fused-ring (bicyclic) bond motifs is 4. The van der Waals surface area contributed by atoms with E-state index in [4.69, 9.17) is 5.73 Å². The molecule has 2 fully saturated rings. The third kappa shape index (κ3) is 2.39. The molecule has 9 heteroatoms. The summed E-state index contributed by atoms with van der Waals surface area (Å²) < 4.78 is 14.0. The van der Waals surface area contributed by atoms with Crippen LogP contribution >= 0.6 is 0 Å². The highest BCUT2D eigenvalue weighted by Crippen LogP contribution is 2.53. The van der Waals surface area contributed by atoms with E-state index >= 15 is 0 Å². The van der Waals surface area contributed by atoms with Crippen LogP contribution in [0.4, 0.5) is 10.1 Å². The summed E-state index contributed by atoms with van der Waals surface area (Å²) in [7, 11) is 0. The largest absolute Gasteiger partial charge is 0.370 e. The number of anilines is 1. The lowest BCUT2D eigenvalue weighted by atomic mass is 9.76. The molecule has 0 saturated carbocycles. The standard InChI is InChI=1S/C19H21FN4O4/c1-2-3-6-24-16(26)14-12(8-13(21)25)23-19(15(14)17(24)27)10-7-9(20)4-5-11(10)22-18(19)28/h4-5,7,12,14-15,23H,2-3,6,8H2,1H3,(H2,21,25)(H,22,28)/t12-,14+,15-,19+/m0/s1. The van der Waals surface area contributed by atoms with Crippen LogP contribution in [0.15, 0.2) is 18.2 Å². The van der Waals surface area contributed by atoms with E-state index in [-0.39, 0.29) is 18.5 Å². The van der Waals surface area contributed by atoms with E-state index in [0.717, 1.165) is 6.42 Å². The summed E-state index contributed by atoms with van der Waals surface area (Å²) in [5.41, 5.74) is 4.40. The van der Waals surface area contributed by atoms with Gasteiger partial charge < -0.3 is 11.1 Å². The van der Waals surface area contributed by atoms with Crippen LogP contribution in [0.25, 0.3) is 0 Å². The van der Waals surface area contributed by atoms with Gasteiger partial charge in [0.05, 0.1) is 11.8 Å². The van der Waals surface area contributed by atoms with Gasteiger partial charge in [-0.2, -0.15) is 0 Å². The van der Waals surface area contributed by atoms with Gasteiger partial charge in [0.25, 0.3) is 0 Å². The summed E-state index contributed by atoms with van der Waals surface area (Å²) in [5, 5.41) is 5.69. The van der Waals surface area contributed by atoms with Crippen molar-refractivity contribution in [3.05, 3.63) is 29.6 Å². The van der Waals surface area contributed by atoms with Crippen LogP contribution in [-0.2, 0) is 24.7 Å². The van der Waals surface area contributed by atoms with E-state index in [2.05, 4.69) is 10.6 Å². The molecule has 0 radical (unpaired) electrons. The first kappa shape index (κ1) is 18.5. The minimum Gasteiger partial charge on any atom is -0.370 e. The van der Waals surface area contributed by atoms with Crippen molar-refractivity contribution >= 4 is 29.3 Å². The number of hydrogen-bond donors (Lipinski definition) is 3. The Morgan fingerprint density at radius 1 is 1.29 bits per heavy atom. The average molecular weight is 388 g/mol. The molecule has 0 bridgehead atoms. The Morgan fingerprint density at radius 2 is 2.04 bits per heavy atom. The van der Waals surface area contributed by atoms with Crippen LogP contribution < -0.4 is 16.4 Å². The quantitative estimate of drug-likeness (QED) is 0.623. The molecule has 8 nitrogen and oxygen atoms in total. The first-order valence-corrected chi connectivity index (χ1v) is 9.34. The number of unbranched alkanes of at least 4 members (excludes halogenated alkanes) is 1. The van der Waals surface area contributed by atoms with Gasteiger partial charge in [-0.15, -0.1) is 0 Å². The number of nitrogens with zero attached hydrogens (tertiary/aromatic N) is 1. The summed E-state index contributed by atoms with van der Waals surface area (Å²) in [6.45, 7) is 2.19. The zero-order valence-electron chi connectivity index (χ0n) is 15.3. The molecule has 4 amide bonds. The van der Waals surface area contributed by atoms with Gasteiger partial charge in [0.2, 0.25) is 23.6 Å². The minimum atomic E-state index is -1.60. The molecule has 3 aliphatic heterocycles. The van der Waals surface area contributed by atoms with E-state index in [1.54, 1.807) is 0 Å². The van der Waals surface area contributed by atoms with Gasteiger partial charge in [-0.3, -0.25) is 29.4 Å². The Kier molecular flexibility index (Phi) is 4.22. The molecular weight excluding hydrogens is 367 g/mol. The second-order valence-corrected chi connectivity index (χ2v) is 7.56. The van der Waals surface area contributed by atoms with E-state index in [1.807, 2.05) is 6.92 Å². The molecule has 1 spiro atoms. The Morgan fingerprint density at radius 3 is 2.71 bits per heavy atom. The smallest absolute Gasteiger partial charge is 0.250 e. The van der Waals surface area contributed by atoms with Gasteiger partial charge >= 0.3 is 0 Å². The molecule has 148 valence electrons. The molecule has 3 aliphatic rings. The number of primary amides is 1.